The fourth-order valence-corrected chi connectivity index (χ4v) is 0.898. The van der Waals surface area contributed by atoms with Crippen LogP contribution in [0.2, 0.25) is 0 Å². The van der Waals surface area contributed by atoms with Crippen LogP contribution < -0.4 is 0 Å². The van der Waals surface area contributed by atoms with Crippen molar-refractivity contribution in [2.24, 2.45) is 0 Å². The molecule has 0 aliphatic carbocycles. The molecule has 0 aliphatic heterocycles. The summed E-state index contributed by atoms with van der Waals surface area (Å²) in [6.07, 6.45) is 2.04. The molecule has 0 aliphatic rings. The fraction of sp³-hybridized carbons (Fsp3) is 0.375. The number of aromatic amines is 1. The standard InChI is InChI=1S/C8H12N/c1-3-4-8-6-5-7(2)9-8/h5-6,9H,1,3-4H2,2H3. The van der Waals surface area contributed by atoms with Crippen LogP contribution in [0.25, 0.3) is 0 Å². The molecule has 0 saturated carbocycles. The minimum atomic E-state index is 0.972. The van der Waals surface area contributed by atoms with E-state index in [-0.39, 0.29) is 0 Å². The lowest BCUT2D eigenvalue weighted by molar-refractivity contribution is 0.949. The van der Waals surface area contributed by atoms with Crippen molar-refractivity contribution in [1.82, 2.24) is 4.98 Å². The lowest BCUT2D eigenvalue weighted by Crippen LogP contribution is -1.81. The lowest BCUT2D eigenvalue weighted by Gasteiger charge is -1.89. The van der Waals surface area contributed by atoms with Gasteiger partial charge in [-0.3, -0.25) is 0 Å². The largest absolute Gasteiger partial charge is 0.363 e. The Bertz CT molecular complexity index is 176. The summed E-state index contributed by atoms with van der Waals surface area (Å²) in [5.41, 5.74) is 2.53. The van der Waals surface area contributed by atoms with Crippen molar-refractivity contribution in [3.8, 4) is 0 Å². The summed E-state index contributed by atoms with van der Waals surface area (Å²) in [6.45, 7) is 5.83. The fourth-order valence-electron chi connectivity index (χ4n) is 0.898. The first kappa shape index (κ1) is 6.40. The van der Waals surface area contributed by atoms with Gasteiger partial charge in [0.1, 0.15) is 0 Å². The summed E-state index contributed by atoms with van der Waals surface area (Å²) in [4.78, 5) is 3.24. The van der Waals surface area contributed by atoms with Crippen molar-refractivity contribution < 1.29 is 0 Å². The predicted octanol–water partition coefficient (Wildman–Crippen LogP) is 2.09. The highest BCUT2D eigenvalue weighted by Crippen LogP contribution is 2.01. The zero-order chi connectivity index (χ0) is 6.69. The van der Waals surface area contributed by atoms with Crippen molar-refractivity contribution in [2.45, 2.75) is 19.8 Å². The zero-order valence-electron chi connectivity index (χ0n) is 5.78. The molecule has 0 saturated heterocycles. The first-order valence-electron chi connectivity index (χ1n) is 3.26. The second kappa shape index (κ2) is 2.72. The van der Waals surface area contributed by atoms with Crippen LogP contribution in [0, 0.1) is 13.8 Å². The zero-order valence-corrected chi connectivity index (χ0v) is 5.78. The Balaban J connectivity index is 2.61. The molecule has 1 heteroatoms. The smallest absolute Gasteiger partial charge is 0.0149 e. The van der Waals surface area contributed by atoms with Gasteiger partial charge in [0.25, 0.3) is 0 Å². The van der Waals surface area contributed by atoms with E-state index in [1.54, 1.807) is 0 Å². The molecule has 1 aromatic heterocycles. The monoisotopic (exact) mass is 122 g/mol. The Morgan fingerprint density at radius 2 is 2.33 bits per heavy atom. The van der Waals surface area contributed by atoms with Crippen LogP contribution in [0.5, 0.6) is 0 Å². The molecular weight excluding hydrogens is 110 g/mol. The van der Waals surface area contributed by atoms with Crippen LogP contribution in [0.1, 0.15) is 17.8 Å². The van der Waals surface area contributed by atoms with E-state index in [9.17, 15) is 0 Å². The second-order valence-electron chi connectivity index (χ2n) is 2.27. The van der Waals surface area contributed by atoms with Gasteiger partial charge in [-0.05, 0) is 31.9 Å². The van der Waals surface area contributed by atoms with Gasteiger partial charge in [0.15, 0.2) is 0 Å². The Kier molecular flexibility index (Phi) is 1.93. The summed E-state index contributed by atoms with van der Waals surface area (Å²) in [6, 6.07) is 4.20. The van der Waals surface area contributed by atoms with Gasteiger partial charge in [-0.2, -0.15) is 0 Å². The Morgan fingerprint density at radius 1 is 1.56 bits per heavy atom. The van der Waals surface area contributed by atoms with Gasteiger partial charge >= 0.3 is 0 Å². The maximum atomic E-state index is 3.77. The summed E-state index contributed by atoms with van der Waals surface area (Å²) in [5, 5.41) is 0. The molecule has 0 fully saturated rings. The first-order chi connectivity index (χ1) is 4.33. The third-order valence-electron chi connectivity index (χ3n) is 1.34. The molecule has 9 heavy (non-hydrogen) atoms. The number of hydrogen-bond donors (Lipinski definition) is 1. The highest BCUT2D eigenvalue weighted by atomic mass is 14.7. The van der Waals surface area contributed by atoms with Crippen molar-refractivity contribution in [3.05, 3.63) is 30.4 Å². The van der Waals surface area contributed by atoms with Crippen LogP contribution in [-0.2, 0) is 6.42 Å². The molecule has 0 aromatic carbocycles. The van der Waals surface area contributed by atoms with Gasteiger partial charge in [-0.1, -0.05) is 6.92 Å². The number of hydrogen-bond acceptors (Lipinski definition) is 0. The van der Waals surface area contributed by atoms with Crippen LogP contribution in [0.15, 0.2) is 12.1 Å². The Hall–Kier alpha value is -0.720. The number of rotatable bonds is 2. The molecule has 1 nitrogen and oxygen atoms in total. The quantitative estimate of drug-likeness (QED) is 0.618. The highest BCUT2D eigenvalue weighted by molar-refractivity contribution is 5.11. The van der Waals surface area contributed by atoms with Crippen LogP contribution in [-0.4, -0.2) is 4.98 Å². The van der Waals surface area contributed by atoms with Crippen molar-refractivity contribution >= 4 is 0 Å². The molecule has 49 valence electrons. The first-order valence-corrected chi connectivity index (χ1v) is 3.26. The average molecular weight is 122 g/mol. The van der Waals surface area contributed by atoms with Crippen molar-refractivity contribution in [3.63, 3.8) is 0 Å². The van der Waals surface area contributed by atoms with Crippen LogP contribution in [0.4, 0.5) is 0 Å². The summed E-state index contributed by atoms with van der Waals surface area (Å²) >= 11 is 0. The van der Waals surface area contributed by atoms with Gasteiger partial charge in [-0.15, -0.1) is 0 Å². The van der Waals surface area contributed by atoms with Crippen LogP contribution >= 0.6 is 0 Å². The van der Waals surface area contributed by atoms with Gasteiger partial charge in [0, 0.05) is 11.4 Å². The van der Waals surface area contributed by atoms with Crippen LogP contribution in [0.3, 0.4) is 0 Å². The van der Waals surface area contributed by atoms with Crippen molar-refractivity contribution in [1.29, 1.82) is 0 Å². The summed E-state index contributed by atoms with van der Waals surface area (Å²) < 4.78 is 0. The number of nitrogens with one attached hydrogen (secondary N) is 1. The third-order valence-corrected chi connectivity index (χ3v) is 1.34. The molecular formula is C8H12N. The predicted molar refractivity (Wildman–Crippen MR) is 39.2 cm³/mol. The van der Waals surface area contributed by atoms with Gasteiger partial charge in [0.05, 0.1) is 0 Å². The summed E-state index contributed by atoms with van der Waals surface area (Å²) in [5.74, 6) is 0. The minimum Gasteiger partial charge on any atom is -0.363 e. The molecule has 1 rings (SSSR count). The number of aromatic nitrogens is 1. The number of H-pyrrole nitrogens is 1. The van der Waals surface area contributed by atoms with E-state index in [4.69, 9.17) is 0 Å². The lowest BCUT2D eigenvalue weighted by atomic mass is 10.3. The molecule has 0 spiro atoms. The molecule has 1 heterocycles. The highest BCUT2D eigenvalue weighted by Gasteiger charge is 1.90. The molecule has 0 unspecified atom stereocenters. The maximum absolute atomic E-state index is 3.77. The topological polar surface area (TPSA) is 15.8 Å². The maximum Gasteiger partial charge on any atom is 0.0149 e. The Morgan fingerprint density at radius 3 is 2.78 bits per heavy atom. The van der Waals surface area contributed by atoms with Crippen molar-refractivity contribution in [2.75, 3.05) is 0 Å². The molecule has 0 amide bonds. The van der Waals surface area contributed by atoms with E-state index >= 15 is 0 Å². The van der Waals surface area contributed by atoms with E-state index < -0.39 is 0 Å². The number of aryl methyl sites for hydroxylation is 2. The second-order valence-corrected chi connectivity index (χ2v) is 2.27. The van der Waals surface area contributed by atoms with Gasteiger partial charge in [-0.25, -0.2) is 0 Å². The van der Waals surface area contributed by atoms with E-state index in [0.717, 1.165) is 12.8 Å². The van der Waals surface area contributed by atoms with E-state index in [2.05, 4.69) is 31.0 Å². The van der Waals surface area contributed by atoms with Gasteiger partial charge in [0.2, 0.25) is 0 Å². The molecule has 0 bridgehead atoms. The Labute approximate surface area is 56.1 Å². The third kappa shape index (κ3) is 1.60. The van der Waals surface area contributed by atoms with E-state index in [1.165, 1.54) is 11.4 Å². The van der Waals surface area contributed by atoms with E-state index in [1.807, 2.05) is 0 Å². The molecule has 1 aromatic rings. The normalized spacial score (nSPS) is 10.0. The summed E-state index contributed by atoms with van der Waals surface area (Å²) in [7, 11) is 0. The SMILES string of the molecule is [CH2]CCc1ccc(C)[nH]1. The average Bonchev–Trinajstić information content (AvgIpc) is 2.17. The molecule has 1 radical (unpaired) electrons. The molecule has 0 atom stereocenters. The van der Waals surface area contributed by atoms with Gasteiger partial charge < -0.3 is 4.98 Å². The molecule has 1 N–H and O–H groups in total. The van der Waals surface area contributed by atoms with E-state index in [0.29, 0.717) is 0 Å². The minimum absolute atomic E-state index is 0.972.